The number of carbonyl (C=O) groups is 2. The predicted molar refractivity (Wildman–Crippen MR) is 113 cm³/mol. The van der Waals surface area contributed by atoms with Gasteiger partial charge in [-0.2, -0.15) is 0 Å². The fourth-order valence-corrected chi connectivity index (χ4v) is 3.47. The summed E-state index contributed by atoms with van der Waals surface area (Å²) in [5.41, 5.74) is -0.0133. The largest absolute Gasteiger partial charge is 0.484 e. The number of aliphatic hydroxyl groups excluding tert-OH is 1. The van der Waals surface area contributed by atoms with E-state index in [1.807, 2.05) is 20.8 Å². The normalized spacial score (nSPS) is 18.9. The van der Waals surface area contributed by atoms with Gasteiger partial charge in [-0.25, -0.2) is 0 Å². The van der Waals surface area contributed by atoms with Gasteiger partial charge in [0.25, 0.3) is 12.4 Å². The van der Waals surface area contributed by atoms with E-state index in [4.69, 9.17) is 4.74 Å². The Bertz CT molecular complexity index is 814. The summed E-state index contributed by atoms with van der Waals surface area (Å²) in [6.07, 6.45) is 0.144. The van der Waals surface area contributed by atoms with Gasteiger partial charge in [0.2, 0.25) is 0 Å². The van der Waals surface area contributed by atoms with Crippen molar-refractivity contribution in [2.75, 3.05) is 13.1 Å². The summed E-state index contributed by atoms with van der Waals surface area (Å²) < 4.78 is 10.1. The van der Waals surface area contributed by atoms with Crippen molar-refractivity contribution in [1.29, 1.82) is 0 Å². The lowest BCUT2D eigenvalue weighted by Gasteiger charge is -2.33. The molecular weight excluding hydrogens is 406 g/mol. The molecule has 172 valence electrons. The highest BCUT2D eigenvalue weighted by Crippen LogP contribution is 2.41. The maximum atomic E-state index is 12.7. The van der Waals surface area contributed by atoms with Crippen LogP contribution < -0.4 is 10.1 Å². The first-order valence-electron chi connectivity index (χ1n) is 10.3. The second-order valence-electron chi connectivity index (χ2n) is 8.72. The molecule has 0 spiro atoms. The summed E-state index contributed by atoms with van der Waals surface area (Å²) in [7, 11) is 0. The molecule has 2 aliphatic rings. The average molecular weight is 437 g/mol. The Balaban J connectivity index is 0.000000423. The van der Waals surface area contributed by atoms with Crippen molar-refractivity contribution in [2.24, 2.45) is 0 Å². The molecular formula is C21H31N3O7. The van der Waals surface area contributed by atoms with E-state index in [1.54, 1.807) is 13.8 Å². The van der Waals surface area contributed by atoms with Crippen molar-refractivity contribution in [2.45, 2.75) is 71.4 Å². The number of nitro groups is 1. The number of ether oxygens (including phenoxy) is 2. The third kappa shape index (κ3) is 6.14. The molecule has 2 N–H and O–H groups in total. The van der Waals surface area contributed by atoms with Crippen LogP contribution in [0.1, 0.15) is 69.6 Å². The molecule has 1 saturated heterocycles. The van der Waals surface area contributed by atoms with Crippen LogP contribution in [0.3, 0.4) is 0 Å². The van der Waals surface area contributed by atoms with Crippen molar-refractivity contribution in [3.8, 4) is 5.75 Å². The molecule has 2 aliphatic heterocycles. The summed E-state index contributed by atoms with van der Waals surface area (Å²) >= 11 is 0. The molecule has 0 aromatic heterocycles. The molecule has 10 heteroatoms. The van der Waals surface area contributed by atoms with Crippen molar-refractivity contribution in [3.63, 3.8) is 0 Å². The Labute approximate surface area is 181 Å². The molecule has 0 bridgehead atoms. The molecule has 0 aliphatic carbocycles. The number of hydrogen-bond donors (Lipinski definition) is 2. The van der Waals surface area contributed by atoms with E-state index < -0.39 is 11.2 Å². The lowest BCUT2D eigenvalue weighted by molar-refractivity contribution is -0.386. The summed E-state index contributed by atoms with van der Waals surface area (Å²) in [6.45, 7) is 11.0. The first-order valence-corrected chi connectivity index (χ1v) is 10.3. The van der Waals surface area contributed by atoms with E-state index in [9.17, 15) is 24.8 Å². The quantitative estimate of drug-likeness (QED) is 0.408. The Morgan fingerprint density at radius 2 is 1.90 bits per heavy atom. The van der Waals surface area contributed by atoms with Gasteiger partial charge in [-0.05, 0) is 66.6 Å². The fraction of sp³-hybridized carbons (Fsp3) is 0.619. The van der Waals surface area contributed by atoms with Crippen LogP contribution in [-0.2, 0) is 9.53 Å². The Kier molecular flexibility index (Phi) is 7.96. The van der Waals surface area contributed by atoms with E-state index in [0.29, 0.717) is 12.0 Å². The SMILES string of the molecule is CC(C)(C)OC=O.CC(C)Oc1cc2c(cc1[N+](=O)[O-])C(=O)N(C1CCNCC1)C2O. The number of hydrogen-bond acceptors (Lipinski definition) is 8. The highest BCUT2D eigenvalue weighted by molar-refractivity contribution is 6.00. The number of nitrogens with one attached hydrogen (secondary N) is 1. The van der Waals surface area contributed by atoms with Crippen molar-refractivity contribution in [3.05, 3.63) is 33.4 Å². The van der Waals surface area contributed by atoms with Crippen LogP contribution in [0.5, 0.6) is 5.75 Å². The number of fused-ring (bicyclic) bond motifs is 1. The van der Waals surface area contributed by atoms with Crippen LogP contribution in [0.25, 0.3) is 0 Å². The first-order chi connectivity index (χ1) is 14.5. The predicted octanol–water partition coefficient (Wildman–Crippen LogP) is 2.54. The van der Waals surface area contributed by atoms with Crippen molar-refractivity contribution >= 4 is 18.1 Å². The van der Waals surface area contributed by atoms with Crippen LogP contribution >= 0.6 is 0 Å². The van der Waals surface area contributed by atoms with Gasteiger partial charge in [0.05, 0.1) is 16.6 Å². The zero-order chi connectivity index (χ0) is 23.3. The summed E-state index contributed by atoms with van der Waals surface area (Å²) in [5.74, 6) is -0.281. The van der Waals surface area contributed by atoms with Gasteiger partial charge in [0.15, 0.2) is 12.0 Å². The third-order valence-electron chi connectivity index (χ3n) is 4.80. The summed E-state index contributed by atoms with van der Waals surface area (Å²) in [6, 6.07) is 2.58. The van der Waals surface area contributed by atoms with Crippen LogP contribution in [-0.4, -0.2) is 58.1 Å². The minimum Gasteiger partial charge on any atom is -0.484 e. The van der Waals surface area contributed by atoms with E-state index in [1.165, 1.54) is 17.0 Å². The average Bonchev–Trinajstić information content (AvgIpc) is 2.91. The minimum atomic E-state index is -1.09. The maximum absolute atomic E-state index is 12.7. The minimum absolute atomic E-state index is 0.0744. The third-order valence-corrected chi connectivity index (χ3v) is 4.80. The monoisotopic (exact) mass is 437 g/mol. The molecule has 1 aromatic carbocycles. The standard InChI is InChI=1S/C16H21N3O5.C5H10O2/c1-9(2)24-14-8-12-11(7-13(14)19(22)23)15(20)18(16(12)21)10-3-5-17-6-4-10;1-5(2,3)7-4-6/h7-10,16-17,21H,3-6H2,1-2H3;4H,1-3H3. The number of rotatable bonds is 5. The number of aliphatic hydroxyl groups is 1. The number of nitro benzene ring substituents is 1. The number of nitrogens with zero attached hydrogens (tertiary/aromatic N) is 2. The van der Waals surface area contributed by atoms with E-state index >= 15 is 0 Å². The van der Waals surface area contributed by atoms with E-state index in [0.717, 1.165) is 25.9 Å². The molecule has 1 amide bonds. The zero-order valence-electron chi connectivity index (χ0n) is 18.6. The van der Waals surface area contributed by atoms with Gasteiger partial charge in [-0.3, -0.25) is 19.7 Å². The molecule has 0 radical (unpaired) electrons. The van der Waals surface area contributed by atoms with Crippen LogP contribution in [0.4, 0.5) is 5.69 Å². The molecule has 1 aromatic rings. The number of piperidine rings is 1. The molecule has 1 fully saturated rings. The Morgan fingerprint density at radius 3 is 2.35 bits per heavy atom. The van der Waals surface area contributed by atoms with Crippen LogP contribution in [0, 0.1) is 10.1 Å². The smallest absolute Gasteiger partial charge is 0.311 e. The zero-order valence-corrected chi connectivity index (χ0v) is 18.6. The van der Waals surface area contributed by atoms with Gasteiger partial charge in [-0.1, -0.05) is 0 Å². The van der Waals surface area contributed by atoms with Gasteiger partial charge in [-0.15, -0.1) is 0 Å². The molecule has 1 unspecified atom stereocenters. The second kappa shape index (κ2) is 10.1. The number of amides is 1. The molecule has 0 saturated carbocycles. The Morgan fingerprint density at radius 1 is 1.29 bits per heavy atom. The van der Waals surface area contributed by atoms with Crippen LogP contribution in [0.2, 0.25) is 0 Å². The van der Waals surface area contributed by atoms with Gasteiger partial charge >= 0.3 is 5.69 Å². The lowest BCUT2D eigenvalue weighted by Crippen LogP contribution is -2.44. The summed E-state index contributed by atoms with van der Waals surface area (Å²) in [5, 5.41) is 25.1. The van der Waals surface area contributed by atoms with Gasteiger partial charge < -0.3 is 24.8 Å². The van der Waals surface area contributed by atoms with Gasteiger partial charge in [0, 0.05) is 17.7 Å². The first kappa shape index (κ1) is 24.5. The Hall–Kier alpha value is -2.72. The van der Waals surface area contributed by atoms with Gasteiger partial charge in [0.1, 0.15) is 5.60 Å². The molecule has 10 nitrogen and oxygen atoms in total. The lowest BCUT2D eigenvalue weighted by atomic mass is 10.1. The highest BCUT2D eigenvalue weighted by Gasteiger charge is 2.42. The van der Waals surface area contributed by atoms with Crippen LogP contribution in [0.15, 0.2) is 12.1 Å². The second-order valence-corrected chi connectivity index (χ2v) is 8.72. The van der Waals surface area contributed by atoms with Crippen molar-refractivity contribution < 1.29 is 29.1 Å². The maximum Gasteiger partial charge on any atom is 0.311 e. The molecule has 31 heavy (non-hydrogen) atoms. The fourth-order valence-electron chi connectivity index (χ4n) is 3.47. The summed E-state index contributed by atoms with van der Waals surface area (Å²) in [4.78, 5) is 34.5. The highest BCUT2D eigenvalue weighted by atomic mass is 16.6. The van der Waals surface area contributed by atoms with E-state index in [-0.39, 0.29) is 40.7 Å². The molecule has 1 atom stereocenters. The molecule has 2 heterocycles. The number of benzene rings is 1. The molecule has 3 rings (SSSR count). The van der Waals surface area contributed by atoms with E-state index in [2.05, 4.69) is 10.1 Å². The van der Waals surface area contributed by atoms with Crippen molar-refractivity contribution in [1.82, 2.24) is 10.2 Å². The number of carbonyl (C=O) groups excluding carboxylic acids is 2. The topological polar surface area (TPSA) is 131 Å².